The van der Waals surface area contributed by atoms with Gasteiger partial charge in [-0.1, -0.05) is 0 Å². The van der Waals surface area contributed by atoms with E-state index in [1.807, 2.05) is 13.8 Å². The minimum Gasteiger partial charge on any atom is -0.396 e. The molecule has 1 amide bonds. The van der Waals surface area contributed by atoms with E-state index in [0.29, 0.717) is 25.7 Å². The number of nitrogens with zero attached hydrogens (tertiary/aromatic N) is 1. The van der Waals surface area contributed by atoms with E-state index in [2.05, 4.69) is 10.2 Å². The van der Waals surface area contributed by atoms with Crippen LogP contribution in [0.4, 0.5) is 0 Å². The highest BCUT2D eigenvalue weighted by molar-refractivity contribution is 5.78. The molecule has 20 heavy (non-hydrogen) atoms. The Bertz CT molecular complexity index is 272. The molecule has 0 aliphatic carbocycles. The molecule has 1 atom stereocenters. The molecule has 0 bridgehead atoms. The van der Waals surface area contributed by atoms with E-state index in [9.17, 15) is 4.79 Å². The van der Waals surface area contributed by atoms with Crippen LogP contribution in [0.15, 0.2) is 0 Å². The molecule has 5 heteroatoms. The quantitative estimate of drug-likeness (QED) is 0.592. The number of carbonyl (C=O) groups excluding carboxylic acids is 1. The first kappa shape index (κ1) is 17.4. The monoisotopic (exact) mass is 286 g/mol. The standard InChI is InChI=1S/C15H30N2O3/c1-13(2)20-11-5-8-16-15(19)12-17-9-3-6-14(17)7-4-10-18/h13-14,18H,3-12H2,1-2H3,(H,16,19). The van der Waals surface area contributed by atoms with E-state index in [1.54, 1.807) is 0 Å². The molecule has 0 saturated carbocycles. The third-order valence-electron chi connectivity index (χ3n) is 3.64. The maximum Gasteiger partial charge on any atom is 0.234 e. The largest absolute Gasteiger partial charge is 0.396 e. The molecular formula is C15H30N2O3. The second-order valence-corrected chi connectivity index (χ2v) is 5.76. The number of rotatable bonds is 10. The average molecular weight is 286 g/mol. The maximum absolute atomic E-state index is 11.9. The minimum absolute atomic E-state index is 0.102. The Kier molecular flexibility index (Phi) is 8.82. The Balaban J connectivity index is 2.11. The number of hydrogen-bond acceptors (Lipinski definition) is 4. The fourth-order valence-electron chi connectivity index (χ4n) is 2.62. The predicted octanol–water partition coefficient (Wildman–Crippen LogP) is 1.15. The molecule has 118 valence electrons. The van der Waals surface area contributed by atoms with Gasteiger partial charge in [0, 0.05) is 25.8 Å². The summed E-state index contributed by atoms with van der Waals surface area (Å²) in [6.07, 6.45) is 5.24. The molecule has 0 aromatic carbocycles. The Hall–Kier alpha value is -0.650. The summed E-state index contributed by atoms with van der Waals surface area (Å²) in [5, 5.41) is 11.8. The Labute approximate surface area is 122 Å². The van der Waals surface area contributed by atoms with Crippen molar-refractivity contribution >= 4 is 5.91 Å². The fourth-order valence-corrected chi connectivity index (χ4v) is 2.62. The first-order valence-electron chi connectivity index (χ1n) is 7.86. The van der Waals surface area contributed by atoms with E-state index in [0.717, 1.165) is 38.6 Å². The van der Waals surface area contributed by atoms with Crippen molar-refractivity contribution < 1.29 is 14.6 Å². The summed E-state index contributed by atoms with van der Waals surface area (Å²) < 4.78 is 5.43. The number of amides is 1. The van der Waals surface area contributed by atoms with Gasteiger partial charge in [-0.15, -0.1) is 0 Å². The smallest absolute Gasteiger partial charge is 0.234 e. The lowest BCUT2D eigenvalue weighted by molar-refractivity contribution is -0.122. The number of nitrogens with one attached hydrogen (secondary N) is 1. The molecule has 0 aromatic rings. The summed E-state index contributed by atoms with van der Waals surface area (Å²) in [5.74, 6) is 0.102. The van der Waals surface area contributed by atoms with Crippen LogP contribution in [0, 0.1) is 0 Å². The van der Waals surface area contributed by atoms with Gasteiger partial charge in [0.15, 0.2) is 0 Å². The van der Waals surface area contributed by atoms with Gasteiger partial charge >= 0.3 is 0 Å². The number of carbonyl (C=O) groups is 1. The summed E-state index contributed by atoms with van der Waals surface area (Å²) in [6, 6.07) is 0.470. The van der Waals surface area contributed by atoms with Crippen LogP contribution in [-0.4, -0.2) is 60.9 Å². The lowest BCUT2D eigenvalue weighted by Crippen LogP contribution is -2.40. The van der Waals surface area contributed by atoms with E-state index in [4.69, 9.17) is 9.84 Å². The van der Waals surface area contributed by atoms with Gasteiger partial charge in [-0.3, -0.25) is 9.69 Å². The van der Waals surface area contributed by atoms with Crippen molar-refractivity contribution in [3.8, 4) is 0 Å². The number of likely N-dealkylation sites (tertiary alicyclic amines) is 1. The molecule has 1 heterocycles. The highest BCUT2D eigenvalue weighted by atomic mass is 16.5. The molecule has 1 fully saturated rings. The van der Waals surface area contributed by atoms with Crippen molar-refractivity contribution in [3.05, 3.63) is 0 Å². The van der Waals surface area contributed by atoms with Crippen LogP contribution in [0.3, 0.4) is 0 Å². The van der Waals surface area contributed by atoms with Crippen molar-refractivity contribution in [1.29, 1.82) is 0 Å². The van der Waals surface area contributed by atoms with Crippen LogP contribution >= 0.6 is 0 Å². The summed E-state index contributed by atoms with van der Waals surface area (Å²) in [5.41, 5.74) is 0. The topological polar surface area (TPSA) is 61.8 Å². The van der Waals surface area contributed by atoms with Crippen LogP contribution < -0.4 is 5.32 Å². The van der Waals surface area contributed by atoms with Crippen molar-refractivity contribution in [2.24, 2.45) is 0 Å². The highest BCUT2D eigenvalue weighted by Crippen LogP contribution is 2.20. The van der Waals surface area contributed by atoms with Gasteiger partial charge in [-0.2, -0.15) is 0 Å². The molecule has 2 N–H and O–H groups in total. The van der Waals surface area contributed by atoms with Crippen molar-refractivity contribution in [2.75, 3.05) is 32.8 Å². The van der Waals surface area contributed by atoms with Crippen LogP contribution in [-0.2, 0) is 9.53 Å². The molecule has 1 saturated heterocycles. The van der Waals surface area contributed by atoms with Crippen LogP contribution in [0.2, 0.25) is 0 Å². The van der Waals surface area contributed by atoms with Crippen LogP contribution in [0.5, 0.6) is 0 Å². The molecule has 0 radical (unpaired) electrons. The van der Waals surface area contributed by atoms with E-state index >= 15 is 0 Å². The summed E-state index contributed by atoms with van der Waals surface area (Å²) in [4.78, 5) is 14.1. The lowest BCUT2D eigenvalue weighted by atomic mass is 10.1. The van der Waals surface area contributed by atoms with Gasteiger partial charge in [0.25, 0.3) is 0 Å². The third-order valence-corrected chi connectivity index (χ3v) is 3.64. The Morgan fingerprint density at radius 1 is 1.45 bits per heavy atom. The number of aliphatic hydroxyl groups is 1. The van der Waals surface area contributed by atoms with E-state index in [1.165, 1.54) is 0 Å². The van der Waals surface area contributed by atoms with Crippen molar-refractivity contribution in [2.45, 2.75) is 58.1 Å². The zero-order valence-corrected chi connectivity index (χ0v) is 12.9. The zero-order valence-electron chi connectivity index (χ0n) is 12.9. The molecule has 0 aromatic heterocycles. The summed E-state index contributed by atoms with van der Waals surface area (Å²) in [6.45, 7) is 7.13. The molecule has 0 spiro atoms. The van der Waals surface area contributed by atoms with Crippen molar-refractivity contribution in [1.82, 2.24) is 10.2 Å². The van der Waals surface area contributed by atoms with E-state index in [-0.39, 0.29) is 18.6 Å². The van der Waals surface area contributed by atoms with E-state index < -0.39 is 0 Å². The van der Waals surface area contributed by atoms with Gasteiger partial charge in [0.2, 0.25) is 5.91 Å². The minimum atomic E-state index is 0.102. The third kappa shape index (κ3) is 7.22. The number of aliphatic hydroxyl groups excluding tert-OH is 1. The average Bonchev–Trinajstić information content (AvgIpc) is 2.82. The second-order valence-electron chi connectivity index (χ2n) is 5.76. The fraction of sp³-hybridized carbons (Fsp3) is 0.933. The molecule has 1 unspecified atom stereocenters. The Morgan fingerprint density at radius 2 is 2.25 bits per heavy atom. The summed E-state index contributed by atoms with van der Waals surface area (Å²) >= 11 is 0. The molecule has 1 aliphatic heterocycles. The maximum atomic E-state index is 11.9. The predicted molar refractivity (Wildman–Crippen MR) is 79.6 cm³/mol. The van der Waals surface area contributed by atoms with Crippen LogP contribution in [0.1, 0.15) is 46.0 Å². The zero-order chi connectivity index (χ0) is 14.8. The van der Waals surface area contributed by atoms with Crippen molar-refractivity contribution in [3.63, 3.8) is 0 Å². The molecule has 1 rings (SSSR count). The first-order valence-corrected chi connectivity index (χ1v) is 7.86. The molecule has 1 aliphatic rings. The number of ether oxygens (including phenoxy) is 1. The van der Waals surface area contributed by atoms with Gasteiger partial charge in [-0.05, 0) is 52.5 Å². The second kappa shape index (κ2) is 10.1. The van der Waals surface area contributed by atoms with Gasteiger partial charge in [0.05, 0.1) is 12.6 Å². The van der Waals surface area contributed by atoms with Crippen LogP contribution in [0.25, 0.3) is 0 Å². The van der Waals surface area contributed by atoms with Gasteiger partial charge < -0.3 is 15.2 Å². The van der Waals surface area contributed by atoms with Gasteiger partial charge in [-0.25, -0.2) is 0 Å². The molecule has 5 nitrogen and oxygen atoms in total. The van der Waals surface area contributed by atoms with Gasteiger partial charge in [0.1, 0.15) is 0 Å². The lowest BCUT2D eigenvalue weighted by Gasteiger charge is -2.23. The SMILES string of the molecule is CC(C)OCCCNC(=O)CN1CCCC1CCCO. The summed E-state index contributed by atoms with van der Waals surface area (Å²) in [7, 11) is 0. The normalized spacial score (nSPS) is 19.7. The first-order chi connectivity index (χ1) is 9.63. The highest BCUT2D eigenvalue weighted by Gasteiger charge is 2.25. The number of hydrogen-bond donors (Lipinski definition) is 2. The Morgan fingerprint density at radius 3 is 2.95 bits per heavy atom. The molecular weight excluding hydrogens is 256 g/mol.